The van der Waals surface area contributed by atoms with Crippen molar-refractivity contribution in [1.29, 1.82) is 0 Å². The number of benzene rings is 1. The second-order valence-corrected chi connectivity index (χ2v) is 5.92. The Kier molecular flexibility index (Phi) is 4.11. The van der Waals surface area contributed by atoms with Gasteiger partial charge in [0.1, 0.15) is 6.04 Å². The number of rotatable bonds is 4. The van der Waals surface area contributed by atoms with Crippen LogP contribution in [0.1, 0.15) is 38.3 Å². The summed E-state index contributed by atoms with van der Waals surface area (Å²) >= 11 is 0. The van der Waals surface area contributed by atoms with Crippen LogP contribution in [0.15, 0.2) is 42.5 Å². The van der Waals surface area contributed by atoms with Crippen LogP contribution in [0.4, 0.5) is 0 Å². The van der Waals surface area contributed by atoms with Gasteiger partial charge in [-0.05, 0) is 32.3 Å². The van der Waals surface area contributed by atoms with Crippen molar-refractivity contribution in [2.45, 2.75) is 44.8 Å². The Bertz CT molecular complexity index is 525. The van der Waals surface area contributed by atoms with E-state index in [9.17, 15) is 4.79 Å². The van der Waals surface area contributed by atoms with Crippen molar-refractivity contribution >= 4 is 5.97 Å². The summed E-state index contributed by atoms with van der Waals surface area (Å²) in [7, 11) is 0. The largest absolute Gasteiger partial charge is 0.465 e. The fourth-order valence-electron chi connectivity index (χ4n) is 3.72. The maximum Gasteiger partial charge on any atom is 0.323 e. The van der Waals surface area contributed by atoms with Crippen LogP contribution in [-0.4, -0.2) is 29.6 Å². The first-order valence-electron chi connectivity index (χ1n) is 7.89. The zero-order chi connectivity index (χ0) is 14.8. The van der Waals surface area contributed by atoms with Gasteiger partial charge in [-0.2, -0.15) is 0 Å². The molecule has 1 aromatic rings. The fraction of sp³-hybridized carbons (Fsp3) is 0.500. The summed E-state index contributed by atoms with van der Waals surface area (Å²) < 4.78 is 5.34. The van der Waals surface area contributed by atoms with E-state index in [2.05, 4.69) is 48.2 Å². The minimum Gasteiger partial charge on any atom is -0.465 e. The second-order valence-electron chi connectivity index (χ2n) is 5.92. The summed E-state index contributed by atoms with van der Waals surface area (Å²) in [6.07, 6.45) is 6.70. The summed E-state index contributed by atoms with van der Waals surface area (Å²) in [6, 6.07) is 10.9. The van der Waals surface area contributed by atoms with E-state index in [0.717, 1.165) is 12.8 Å². The molecule has 3 nitrogen and oxygen atoms in total. The van der Waals surface area contributed by atoms with Gasteiger partial charge in [-0.25, -0.2) is 0 Å². The van der Waals surface area contributed by atoms with Gasteiger partial charge in [-0.3, -0.25) is 9.69 Å². The predicted octanol–water partition coefficient (Wildman–Crippen LogP) is 3.33. The molecule has 3 aliphatic rings. The average molecular weight is 285 g/mol. The molecule has 2 heterocycles. The van der Waals surface area contributed by atoms with Crippen LogP contribution in [0.3, 0.4) is 0 Å². The Hall–Kier alpha value is -1.61. The van der Waals surface area contributed by atoms with Crippen molar-refractivity contribution < 1.29 is 9.53 Å². The van der Waals surface area contributed by atoms with Crippen molar-refractivity contribution in [3.8, 4) is 0 Å². The lowest BCUT2D eigenvalue weighted by molar-refractivity contribution is -0.156. The van der Waals surface area contributed by atoms with Gasteiger partial charge >= 0.3 is 5.97 Å². The van der Waals surface area contributed by atoms with Crippen molar-refractivity contribution in [2.75, 3.05) is 6.61 Å². The number of carbonyl (C=O) groups excluding carboxylic acids is 1. The average Bonchev–Trinajstić information content (AvgIpc) is 2.55. The number of nitrogens with zero attached hydrogens (tertiary/aromatic N) is 1. The van der Waals surface area contributed by atoms with Gasteiger partial charge in [0.15, 0.2) is 0 Å². The second kappa shape index (κ2) is 6.02. The monoisotopic (exact) mass is 285 g/mol. The standard InChI is InChI=1S/C18H23NO2/c1-3-21-18(20)17-15-9-11-16(12-10-15)19(17)13(2)14-7-5-4-6-8-14/h4-9,11,13,15-17H,3,10,12H2,1-2H3/t13-,15+,16-,17?/m1/s1. The van der Waals surface area contributed by atoms with Crippen LogP contribution in [0.5, 0.6) is 0 Å². The molecule has 0 saturated carbocycles. The molecule has 0 spiro atoms. The maximum atomic E-state index is 12.4. The van der Waals surface area contributed by atoms with Gasteiger partial charge < -0.3 is 4.74 Å². The first kappa shape index (κ1) is 14.3. The molecule has 112 valence electrons. The van der Waals surface area contributed by atoms with Crippen molar-refractivity contribution in [3.05, 3.63) is 48.0 Å². The molecule has 1 aliphatic carbocycles. The number of hydrogen-bond acceptors (Lipinski definition) is 3. The molecule has 1 unspecified atom stereocenters. The van der Waals surface area contributed by atoms with Crippen molar-refractivity contribution in [3.63, 3.8) is 0 Å². The molecule has 1 saturated heterocycles. The van der Waals surface area contributed by atoms with E-state index in [4.69, 9.17) is 4.74 Å². The lowest BCUT2D eigenvalue weighted by atomic mass is 9.78. The predicted molar refractivity (Wildman–Crippen MR) is 82.8 cm³/mol. The van der Waals surface area contributed by atoms with Gasteiger partial charge in [0.05, 0.1) is 6.61 Å². The number of fused-ring (bicyclic) bond motifs is 2. The van der Waals surface area contributed by atoms with Gasteiger partial charge in [0, 0.05) is 18.0 Å². The van der Waals surface area contributed by atoms with Gasteiger partial charge in [0.2, 0.25) is 0 Å². The Morgan fingerprint density at radius 1 is 1.29 bits per heavy atom. The Morgan fingerprint density at radius 2 is 2.05 bits per heavy atom. The van der Waals surface area contributed by atoms with E-state index in [1.54, 1.807) is 0 Å². The molecule has 1 fully saturated rings. The molecule has 0 amide bonds. The molecule has 4 atom stereocenters. The molecule has 21 heavy (non-hydrogen) atoms. The molecule has 0 radical (unpaired) electrons. The van der Waals surface area contributed by atoms with Crippen LogP contribution >= 0.6 is 0 Å². The molecule has 4 rings (SSSR count). The zero-order valence-corrected chi connectivity index (χ0v) is 12.7. The van der Waals surface area contributed by atoms with Crippen LogP contribution in [0.25, 0.3) is 0 Å². The first-order chi connectivity index (χ1) is 10.2. The van der Waals surface area contributed by atoms with Crippen molar-refractivity contribution in [2.24, 2.45) is 5.92 Å². The number of esters is 1. The van der Waals surface area contributed by atoms with E-state index in [1.165, 1.54) is 5.56 Å². The van der Waals surface area contributed by atoms with Crippen LogP contribution in [-0.2, 0) is 9.53 Å². The Morgan fingerprint density at radius 3 is 2.67 bits per heavy atom. The van der Waals surface area contributed by atoms with Crippen molar-refractivity contribution in [1.82, 2.24) is 4.90 Å². The maximum absolute atomic E-state index is 12.4. The third kappa shape index (κ3) is 2.62. The van der Waals surface area contributed by atoms with E-state index in [-0.39, 0.29) is 18.1 Å². The molecule has 2 aliphatic heterocycles. The summed E-state index contributed by atoms with van der Waals surface area (Å²) in [4.78, 5) is 14.8. The molecule has 0 aromatic heterocycles. The van der Waals surface area contributed by atoms with E-state index in [1.807, 2.05) is 13.0 Å². The summed E-state index contributed by atoms with van der Waals surface area (Å²) in [5.41, 5.74) is 1.26. The third-order valence-corrected chi connectivity index (χ3v) is 4.74. The summed E-state index contributed by atoms with van der Waals surface area (Å²) in [6.45, 7) is 4.51. The minimum absolute atomic E-state index is 0.0701. The normalized spacial score (nSPS) is 29.3. The summed E-state index contributed by atoms with van der Waals surface area (Å²) in [5, 5.41) is 0. The molecular weight excluding hydrogens is 262 g/mol. The van der Waals surface area contributed by atoms with Crippen LogP contribution in [0, 0.1) is 5.92 Å². The Labute approximate surface area is 126 Å². The molecule has 1 aromatic carbocycles. The number of hydrogen-bond donors (Lipinski definition) is 0. The van der Waals surface area contributed by atoms with E-state index < -0.39 is 0 Å². The highest BCUT2D eigenvalue weighted by atomic mass is 16.5. The smallest absolute Gasteiger partial charge is 0.323 e. The lowest BCUT2D eigenvalue weighted by Gasteiger charge is -2.49. The highest BCUT2D eigenvalue weighted by molar-refractivity contribution is 5.77. The van der Waals surface area contributed by atoms with Gasteiger partial charge in [-0.1, -0.05) is 42.5 Å². The molecule has 2 bridgehead atoms. The summed E-state index contributed by atoms with van der Waals surface area (Å²) in [5.74, 6) is 0.222. The minimum atomic E-state index is -0.135. The van der Waals surface area contributed by atoms with Gasteiger partial charge in [0.25, 0.3) is 0 Å². The lowest BCUT2D eigenvalue weighted by Crippen LogP contribution is -2.57. The van der Waals surface area contributed by atoms with E-state index >= 15 is 0 Å². The van der Waals surface area contributed by atoms with Crippen LogP contribution < -0.4 is 0 Å². The first-order valence-corrected chi connectivity index (χ1v) is 7.89. The van der Waals surface area contributed by atoms with Crippen LogP contribution in [0.2, 0.25) is 0 Å². The highest BCUT2D eigenvalue weighted by Gasteiger charge is 2.45. The third-order valence-electron chi connectivity index (χ3n) is 4.74. The number of piperidine rings is 1. The molecular formula is C18H23NO2. The SMILES string of the molecule is CCOC(=O)C1[C@H]2C=C[C@H](CC2)N1[C@H](C)c1ccccc1. The van der Waals surface area contributed by atoms with Gasteiger partial charge in [-0.15, -0.1) is 0 Å². The topological polar surface area (TPSA) is 29.5 Å². The Balaban J connectivity index is 1.90. The zero-order valence-electron chi connectivity index (χ0n) is 12.7. The number of carbonyl (C=O) groups is 1. The molecule has 0 N–H and O–H groups in total. The van der Waals surface area contributed by atoms with E-state index in [0.29, 0.717) is 18.6 Å². The fourth-order valence-corrected chi connectivity index (χ4v) is 3.72. The number of ether oxygens (including phenoxy) is 1. The quantitative estimate of drug-likeness (QED) is 0.628. The highest BCUT2D eigenvalue weighted by Crippen LogP contribution is 2.40. The molecule has 3 heteroatoms.